The lowest BCUT2D eigenvalue weighted by atomic mass is 10.2. The molecule has 0 unspecified atom stereocenters. The maximum absolute atomic E-state index is 10.9. The molecule has 0 bridgehead atoms. The highest BCUT2D eigenvalue weighted by Gasteiger charge is 2.16. The third kappa shape index (κ3) is 5.44. The van der Waals surface area contributed by atoms with Crippen molar-refractivity contribution in [3.05, 3.63) is 32.3 Å². The largest absolute Gasteiger partial charge is 0.396 e. The van der Waals surface area contributed by atoms with E-state index in [2.05, 4.69) is 5.32 Å². The van der Waals surface area contributed by atoms with Gasteiger partial charge in [0.2, 0.25) is 0 Å². The van der Waals surface area contributed by atoms with E-state index in [1.807, 2.05) is 0 Å². The van der Waals surface area contributed by atoms with Gasteiger partial charge in [0.05, 0.1) is 15.0 Å². The van der Waals surface area contributed by atoms with Crippen LogP contribution in [0, 0.1) is 10.1 Å². The molecule has 0 atom stereocenters. The average Bonchev–Trinajstić information content (AvgIpc) is 2.37. The summed E-state index contributed by atoms with van der Waals surface area (Å²) < 4.78 is 0. The van der Waals surface area contributed by atoms with Crippen LogP contribution in [0.15, 0.2) is 12.1 Å². The minimum absolute atomic E-state index is 0.0882. The van der Waals surface area contributed by atoms with Crippen molar-refractivity contribution in [1.82, 2.24) is 0 Å². The molecule has 0 saturated heterocycles. The number of hydrogen-bond donors (Lipinski definition) is 2. The van der Waals surface area contributed by atoms with Gasteiger partial charge < -0.3 is 10.4 Å². The maximum atomic E-state index is 10.9. The first-order valence-electron chi connectivity index (χ1n) is 5.62. The molecule has 106 valence electrons. The van der Waals surface area contributed by atoms with Crippen molar-refractivity contribution in [1.29, 1.82) is 0 Å². The molecule has 0 aliphatic rings. The van der Waals surface area contributed by atoms with E-state index in [9.17, 15) is 10.1 Å². The molecule has 1 aromatic rings. The van der Waals surface area contributed by atoms with Crippen LogP contribution in [-0.4, -0.2) is 34.7 Å². The smallest absolute Gasteiger partial charge is 0.293 e. The molecule has 0 fully saturated rings. The van der Waals surface area contributed by atoms with Gasteiger partial charge in [0.25, 0.3) is 5.69 Å². The van der Waals surface area contributed by atoms with E-state index in [1.165, 1.54) is 12.1 Å². The number of hydrogen-bond acceptors (Lipinski definition) is 5. The first kappa shape index (κ1) is 16.4. The lowest BCUT2D eigenvalue weighted by Crippen LogP contribution is -2.07. The summed E-state index contributed by atoms with van der Waals surface area (Å²) in [5.41, 5.74) is 0.275. The Labute approximate surface area is 125 Å². The monoisotopic (exact) mass is 324 g/mol. The number of nitro benzene ring substituents is 1. The fourth-order valence-corrected chi connectivity index (χ4v) is 2.46. The molecular formula is C11H14Cl2N2O3S. The third-order valence-electron chi connectivity index (χ3n) is 2.24. The zero-order chi connectivity index (χ0) is 14.3. The van der Waals surface area contributed by atoms with E-state index in [0.717, 1.165) is 17.9 Å². The van der Waals surface area contributed by atoms with Crippen LogP contribution in [0.1, 0.15) is 6.42 Å². The Bertz CT molecular complexity index is 446. The summed E-state index contributed by atoms with van der Waals surface area (Å²) in [4.78, 5) is 10.4. The second kappa shape index (κ2) is 8.47. The summed E-state index contributed by atoms with van der Waals surface area (Å²) in [6.07, 6.45) is 0.748. The molecular weight excluding hydrogens is 311 g/mol. The van der Waals surface area contributed by atoms with Crippen LogP contribution in [0.2, 0.25) is 10.0 Å². The van der Waals surface area contributed by atoms with Crippen molar-refractivity contribution in [3.63, 3.8) is 0 Å². The number of rotatable bonds is 8. The second-order valence-electron chi connectivity index (χ2n) is 3.66. The van der Waals surface area contributed by atoms with E-state index >= 15 is 0 Å². The van der Waals surface area contributed by atoms with Crippen LogP contribution in [0.5, 0.6) is 0 Å². The summed E-state index contributed by atoms with van der Waals surface area (Å²) in [5, 5.41) is 22.9. The van der Waals surface area contributed by atoms with Crippen molar-refractivity contribution in [2.24, 2.45) is 0 Å². The van der Waals surface area contributed by atoms with Crippen molar-refractivity contribution >= 4 is 46.3 Å². The summed E-state index contributed by atoms with van der Waals surface area (Å²) in [6.45, 7) is 0.758. The van der Waals surface area contributed by atoms with Crippen molar-refractivity contribution in [3.8, 4) is 0 Å². The van der Waals surface area contributed by atoms with Crippen molar-refractivity contribution in [2.45, 2.75) is 6.42 Å². The lowest BCUT2D eigenvalue weighted by Gasteiger charge is -2.08. The van der Waals surface area contributed by atoms with E-state index < -0.39 is 4.92 Å². The minimum Gasteiger partial charge on any atom is -0.396 e. The Morgan fingerprint density at radius 1 is 1.32 bits per heavy atom. The number of thioether (sulfide) groups is 1. The molecule has 1 aromatic carbocycles. The standard InChI is InChI=1S/C11H14Cl2N2O3S/c12-8-6-10(11(15(17)18)7-9(8)13)14-2-5-19-4-1-3-16/h6-7,14,16H,1-5H2. The van der Waals surface area contributed by atoms with Crippen molar-refractivity contribution < 1.29 is 10.0 Å². The molecule has 19 heavy (non-hydrogen) atoms. The molecule has 0 aliphatic carbocycles. The number of nitrogens with one attached hydrogen (secondary N) is 1. The van der Waals surface area contributed by atoms with Gasteiger partial charge in [0.1, 0.15) is 5.69 Å². The van der Waals surface area contributed by atoms with Gasteiger partial charge in [0.15, 0.2) is 0 Å². The maximum Gasteiger partial charge on any atom is 0.293 e. The van der Waals surface area contributed by atoms with Crippen LogP contribution < -0.4 is 5.32 Å². The topological polar surface area (TPSA) is 75.4 Å². The Hall–Kier alpha value is -0.690. The Morgan fingerprint density at radius 2 is 2.00 bits per heavy atom. The van der Waals surface area contributed by atoms with E-state index in [1.54, 1.807) is 11.8 Å². The van der Waals surface area contributed by atoms with Gasteiger partial charge in [-0.25, -0.2) is 0 Å². The number of halogens is 2. The van der Waals surface area contributed by atoms with Crippen molar-refractivity contribution in [2.75, 3.05) is 30.0 Å². The van der Waals surface area contributed by atoms with Gasteiger partial charge in [-0.15, -0.1) is 0 Å². The van der Waals surface area contributed by atoms with Crippen LogP contribution >= 0.6 is 35.0 Å². The summed E-state index contributed by atoms with van der Waals surface area (Å²) in [7, 11) is 0. The highest BCUT2D eigenvalue weighted by atomic mass is 35.5. The summed E-state index contributed by atoms with van der Waals surface area (Å²) in [5.74, 6) is 1.65. The van der Waals surface area contributed by atoms with Gasteiger partial charge in [0, 0.05) is 25.0 Å². The first-order valence-corrected chi connectivity index (χ1v) is 7.53. The molecule has 0 aromatic heterocycles. The first-order chi connectivity index (χ1) is 9.06. The van der Waals surface area contributed by atoms with E-state index in [0.29, 0.717) is 12.2 Å². The van der Waals surface area contributed by atoms with E-state index in [4.69, 9.17) is 28.3 Å². The average molecular weight is 325 g/mol. The van der Waals surface area contributed by atoms with Gasteiger partial charge in [-0.05, 0) is 18.2 Å². The molecule has 0 amide bonds. The van der Waals surface area contributed by atoms with Gasteiger partial charge in [-0.1, -0.05) is 23.2 Å². The van der Waals surface area contributed by atoms with Crippen LogP contribution in [0.3, 0.4) is 0 Å². The molecule has 0 radical (unpaired) electrons. The predicted molar refractivity (Wildman–Crippen MR) is 80.6 cm³/mol. The second-order valence-corrected chi connectivity index (χ2v) is 5.70. The quantitative estimate of drug-likeness (QED) is 0.435. The van der Waals surface area contributed by atoms with E-state index in [-0.39, 0.29) is 22.3 Å². The molecule has 0 saturated carbocycles. The fraction of sp³-hybridized carbons (Fsp3) is 0.455. The van der Waals surface area contributed by atoms with Crippen LogP contribution in [0.4, 0.5) is 11.4 Å². The zero-order valence-corrected chi connectivity index (χ0v) is 12.4. The number of nitro groups is 1. The zero-order valence-electron chi connectivity index (χ0n) is 10.1. The van der Waals surface area contributed by atoms with Gasteiger partial charge in [-0.2, -0.15) is 11.8 Å². The molecule has 0 aliphatic heterocycles. The molecule has 1 rings (SSSR count). The highest BCUT2D eigenvalue weighted by Crippen LogP contribution is 2.33. The Kier molecular flexibility index (Phi) is 7.30. The van der Waals surface area contributed by atoms with Crippen LogP contribution in [-0.2, 0) is 0 Å². The number of aliphatic hydroxyl groups is 1. The number of aliphatic hydroxyl groups excluding tert-OH is 1. The summed E-state index contributed by atoms with van der Waals surface area (Å²) >= 11 is 13.3. The minimum atomic E-state index is -0.497. The summed E-state index contributed by atoms with van der Waals surface area (Å²) in [6, 6.07) is 2.70. The van der Waals surface area contributed by atoms with Gasteiger partial charge >= 0.3 is 0 Å². The molecule has 2 N–H and O–H groups in total. The SMILES string of the molecule is O=[N+]([O-])c1cc(Cl)c(Cl)cc1NCCSCCCO. The third-order valence-corrected chi connectivity index (χ3v) is 4.04. The molecule has 8 heteroatoms. The molecule has 0 spiro atoms. The fourth-order valence-electron chi connectivity index (χ4n) is 1.36. The molecule has 0 heterocycles. The Morgan fingerprint density at radius 3 is 2.63 bits per heavy atom. The number of benzene rings is 1. The normalized spacial score (nSPS) is 10.5. The van der Waals surface area contributed by atoms with Crippen LogP contribution in [0.25, 0.3) is 0 Å². The molecule has 5 nitrogen and oxygen atoms in total. The number of nitrogens with zero attached hydrogens (tertiary/aromatic N) is 1. The number of anilines is 1. The Balaban J connectivity index is 2.57. The predicted octanol–water partition coefficient (Wildman–Crippen LogP) is 3.43. The highest BCUT2D eigenvalue weighted by molar-refractivity contribution is 7.99. The van der Waals surface area contributed by atoms with Gasteiger partial charge in [-0.3, -0.25) is 10.1 Å². The lowest BCUT2D eigenvalue weighted by molar-refractivity contribution is -0.383.